The van der Waals surface area contributed by atoms with Crippen molar-refractivity contribution < 1.29 is 0 Å². The average molecular weight is 257 g/mol. The number of benzene rings is 1. The maximum atomic E-state index is 8.88. The zero-order valence-corrected chi connectivity index (χ0v) is 11.0. The summed E-state index contributed by atoms with van der Waals surface area (Å²) in [5, 5.41) is 9.44. The van der Waals surface area contributed by atoms with E-state index in [4.69, 9.17) is 5.26 Å². The first-order chi connectivity index (χ1) is 8.86. The standard InChI is InChI=1S/C14H15N3S/c15-10-14-16-12-6-5-11(9-13(12)18-14)17-7-3-1-2-4-8-17/h5-6,9H,1-4,7-8H2. The predicted octanol–water partition coefficient (Wildman–Crippen LogP) is 3.55. The molecule has 18 heavy (non-hydrogen) atoms. The molecule has 2 aromatic rings. The molecule has 1 saturated heterocycles. The van der Waals surface area contributed by atoms with Gasteiger partial charge in [0.2, 0.25) is 0 Å². The summed E-state index contributed by atoms with van der Waals surface area (Å²) in [7, 11) is 0. The van der Waals surface area contributed by atoms with Crippen LogP contribution in [0, 0.1) is 11.3 Å². The third kappa shape index (κ3) is 2.19. The van der Waals surface area contributed by atoms with E-state index >= 15 is 0 Å². The summed E-state index contributed by atoms with van der Waals surface area (Å²) in [5.41, 5.74) is 2.22. The third-order valence-corrected chi connectivity index (χ3v) is 4.36. The largest absolute Gasteiger partial charge is 0.371 e. The fourth-order valence-corrected chi connectivity index (χ4v) is 3.28. The third-order valence-electron chi connectivity index (χ3n) is 3.44. The number of hydrogen-bond donors (Lipinski definition) is 0. The monoisotopic (exact) mass is 257 g/mol. The molecule has 1 aliphatic heterocycles. The van der Waals surface area contributed by atoms with Crippen molar-refractivity contribution in [2.24, 2.45) is 0 Å². The minimum atomic E-state index is 0.554. The smallest absolute Gasteiger partial charge is 0.195 e. The summed E-state index contributed by atoms with van der Waals surface area (Å²) in [6.45, 7) is 2.30. The van der Waals surface area contributed by atoms with E-state index in [9.17, 15) is 0 Å². The van der Waals surface area contributed by atoms with Gasteiger partial charge < -0.3 is 4.90 Å². The lowest BCUT2D eigenvalue weighted by Gasteiger charge is -2.22. The molecule has 0 aliphatic carbocycles. The summed E-state index contributed by atoms with van der Waals surface area (Å²) < 4.78 is 1.12. The molecule has 0 unspecified atom stereocenters. The first-order valence-corrected chi connectivity index (χ1v) is 7.24. The highest BCUT2D eigenvalue weighted by atomic mass is 32.1. The van der Waals surface area contributed by atoms with Gasteiger partial charge in [-0.05, 0) is 31.0 Å². The zero-order chi connectivity index (χ0) is 12.4. The molecule has 3 nitrogen and oxygen atoms in total. The predicted molar refractivity (Wildman–Crippen MR) is 75.0 cm³/mol. The van der Waals surface area contributed by atoms with Crippen molar-refractivity contribution in [1.82, 2.24) is 4.98 Å². The molecule has 3 rings (SSSR count). The SMILES string of the molecule is N#Cc1nc2ccc(N3CCCCCC3)cc2s1. The van der Waals surface area contributed by atoms with E-state index < -0.39 is 0 Å². The Kier molecular flexibility index (Phi) is 3.16. The zero-order valence-electron chi connectivity index (χ0n) is 10.2. The Balaban J connectivity index is 1.94. The molecule has 4 heteroatoms. The lowest BCUT2D eigenvalue weighted by Crippen LogP contribution is -2.23. The Bertz CT molecular complexity index is 589. The topological polar surface area (TPSA) is 39.9 Å². The number of nitriles is 1. The second-order valence-corrected chi connectivity index (χ2v) is 5.71. The molecule has 0 spiro atoms. The van der Waals surface area contributed by atoms with Gasteiger partial charge in [0.1, 0.15) is 6.07 Å². The number of thiazole rings is 1. The highest BCUT2D eigenvalue weighted by molar-refractivity contribution is 7.19. The van der Waals surface area contributed by atoms with Crippen molar-refractivity contribution in [3.05, 3.63) is 23.2 Å². The van der Waals surface area contributed by atoms with Crippen molar-refractivity contribution >= 4 is 27.2 Å². The van der Waals surface area contributed by atoms with Gasteiger partial charge in [-0.25, -0.2) is 4.98 Å². The van der Waals surface area contributed by atoms with Crippen LogP contribution in [-0.2, 0) is 0 Å². The van der Waals surface area contributed by atoms with Crippen LogP contribution >= 0.6 is 11.3 Å². The van der Waals surface area contributed by atoms with Crippen molar-refractivity contribution in [3.8, 4) is 6.07 Å². The molecule has 0 bridgehead atoms. The Labute approximate surface area is 111 Å². The molecule has 1 fully saturated rings. The van der Waals surface area contributed by atoms with Crippen LogP contribution in [-0.4, -0.2) is 18.1 Å². The summed E-state index contributed by atoms with van der Waals surface area (Å²) in [6.07, 6.45) is 5.25. The van der Waals surface area contributed by atoms with Gasteiger partial charge in [0.25, 0.3) is 0 Å². The number of nitrogens with zero attached hydrogens (tertiary/aromatic N) is 3. The molecule has 2 heterocycles. The number of fused-ring (bicyclic) bond motifs is 1. The van der Waals surface area contributed by atoms with Crippen LogP contribution in [0.25, 0.3) is 10.2 Å². The Morgan fingerprint density at radius 2 is 1.94 bits per heavy atom. The molecule has 1 aromatic carbocycles. The van der Waals surface area contributed by atoms with Crippen LogP contribution in [0.5, 0.6) is 0 Å². The lowest BCUT2D eigenvalue weighted by molar-refractivity contribution is 0.726. The van der Waals surface area contributed by atoms with E-state index in [1.54, 1.807) is 0 Å². The highest BCUT2D eigenvalue weighted by Crippen LogP contribution is 2.28. The average Bonchev–Trinajstić information content (AvgIpc) is 2.62. The minimum Gasteiger partial charge on any atom is -0.371 e. The van der Waals surface area contributed by atoms with Crippen LogP contribution in [0.1, 0.15) is 30.7 Å². The molecular weight excluding hydrogens is 242 g/mol. The van der Waals surface area contributed by atoms with Gasteiger partial charge in [-0.15, -0.1) is 11.3 Å². The van der Waals surface area contributed by atoms with Crippen LogP contribution in [0.3, 0.4) is 0 Å². The summed E-state index contributed by atoms with van der Waals surface area (Å²) in [5.74, 6) is 0. The molecule has 92 valence electrons. The maximum absolute atomic E-state index is 8.88. The van der Waals surface area contributed by atoms with Crippen molar-refractivity contribution in [2.75, 3.05) is 18.0 Å². The molecule has 1 aromatic heterocycles. The van der Waals surface area contributed by atoms with Crippen LogP contribution < -0.4 is 4.90 Å². The minimum absolute atomic E-state index is 0.554. The van der Waals surface area contributed by atoms with Crippen molar-refractivity contribution in [2.45, 2.75) is 25.7 Å². The van der Waals surface area contributed by atoms with Crippen LogP contribution in [0.4, 0.5) is 5.69 Å². The van der Waals surface area contributed by atoms with E-state index in [2.05, 4.69) is 28.1 Å². The first kappa shape index (κ1) is 11.5. The quantitative estimate of drug-likeness (QED) is 0.784. The number of aromatic nitrogens is 1. The Morgan fingerprint density at radius 1 is 1.17 bits per heavy atom. The van der Waals surface area contributed by atoms with Crippen molar-refractivity contribution in [1.29, 1.82) is 5.26 Å². The van der Waals surface area contributed by atoms with E-state index in [0.29, 0.717) is 5.01 Å². The van der Waals surface area contributed by atoms with E-state index in [1.165, 1.54) is 42.7 Å². The molecule has 0 saturated carbocycles. The summed E-state index contributed by atoms with van der Waals surface area (Å²) in [6, 6.07) is 8.47. The molecule has 0 atom stereocenters. The number of hydrogen-bond acceptors (Lipinski definition) is 4. The van der Waals surface area contributed by atoms with Crippen LogP contribution in [0.2, 0.25) is 0 Å². The molecule has 0 radical (unpaired) electrons. The second-order valence-electron chi connectivity index (χ2n) is 4.68. The van der Waals surface area contributed by atoms with E-state index in [1.807, 2.05) is 6.07 Å². The summed E-state index contributed by atoms with van der Waals surface area (Å²) >= 11 is 1.48. The van der Waals surface area contributed by atoms with Gasteiger partial charge in [-0.3, -0.25) is 0 Å². The maximum Gasteiger partial charge on any atom is 0.195 e. The van der Waals surface area contributed by atoms with Crippen LogP contribution in [0.15, 0.2) is 18.2 Å². The number of rotatable bonds is 1. The van der Waals surface area contributed by atoms with Gasteiger partial charge in [0.05, 0.1) is 10.2 Å². The lowest BCUT2D eigenvalue weighted by atomic mass is 10.2. The van der Waals surface area contributed by atoms with E-state index in [0.717, 1.165) is 23.3 Å². The fourth-order valence-electron chi connectivity index (χ4n) is 2.49. The van der Waals surface area contributed by atoms with Crippen molar-refractivity contribution in [3.63, 3.8) is 0 Å². The van der Waals surface area contributed by atoms with Gasteiger partial charge in [0.15, 0.2) is 5.01 Å². The molecule has 1 aliphatic rings. The van der Waals surface area contributed by atoms with Gasteiger partial charge in [0, 0.05) is 18.8 Å². The fraction of sp³-hybridized carbons (Fsp3) is 0.429. The first-order valence-electron chi connectivity index (χ1n) is 6.42. The Hall–Kier alpha value is -1.60. The Morgan fingerprint density at radius 3 is 2.67 bits per heavy atom. The molecule has 0 N–H and O–H groups in total. The summed E-state index contributed by atoms with van der Waals surface area (Å²) in [4.78, 5) is 6.73. The molecule has 0 amide bonds. The van der Waals surface area contributed by atoms with Gasteiger partial charge in [-0.2, -0.15) is 5.26 Å². The molecular formula is C14H15N3S. The normalized spacial score (nSPS) is 16.5. The van der Waals surface area contributed by atoms with E-state index in [-0.39, 0.29) is 0 Å². The van der Waals surface area contributed by atoms with Gasteiger partial charge in [-0.1, -0.05) is 12.8 Å². The number of anilines is 1. The highest BCUT2D eigenvalue weighted by Gasteiger charge is 2.11. The van der Waals surface area contributed by atoms with Gasteiger partial charge >= 0.3 is 0 Å². The second kappa shape index (κ2) is 4.95.